The number of hydrogen-bond acceptors (Lipinski definition) is 3. The summed E-state index contributed by atoms with van der Waals surface area (Å²) in [7, 11) is 0. The van der Waals surface area contributed by atoms with Gasteiger partial charge in [-0.1, -0.05) is 0 Å². The van der Waals surface area contributed by atoms with Crippen LogP contribution in [0.3, 0.4) is 0 Å². The summed E-state index contributed by atoms with van der Waals surface area (Å²) in [5.41, 5.74) is 0. The van der Waals surface area contributed by atoms with Crippen LogP contribution in [0.1, 0.15) is 38.5 Å². The largest absolute Gasteiger partial charge is 0.481 e. The molecule has 4 atom stereocenters. The third-order valence-electron chi connectivity index (χ3n) is 4.70. The van der Waals surface area contributed by atoms with E-state index in [-0.39, 0.29) is 29.9 Å². The van der Waals surface area contributed by atoms with Crippen molar-refractivity contribution < 1.29 is 19.4 Å². The van der Waals surface area contributed by atoms with E-state index in [0.717, 1.165) is 13.0 Å². The molecule has 3 rings (SSSR count). The molecule has 3 fully saturated rings. The van der Waals surface area contributed by atoms with E-state index in [4.69, 9.17) is 9.84 Å². The number of carboxylic acids is 1. The van der Waals surface area contributed by atoms with Crippen LogP contribution in [0.4, 0.5) is 0 Å². The van der Waals surface area contributed by atoms with Crippen LogP contribution in [0.15, 0.2) is 0 Å². The molecule has 19 heavy (non-hydrogen) atoms. The van der Waals surface area contributed by atoms with Gasteiger partial charge in [-0.05, 0) is 44.4 Å². The maximum atomic E-state index is 12.2. The van der Waals surface area contributed by atoms with E-state index in [1.807, 2.05) is 0 Å². The first-order valence-corrected chi connectivity index (χ1v) is 7.30. The van der Waals surface area contributed by atoms with E-state index in [1.165, 1.54) is 12.8 Å². The first kappa shape index (κ1) is 12.9. The maximum Gasteiger partial charge on any atom is 0.306 e. The Balaban J connectivity index is 1.52. The molecule has 1 saturated heterocycles. The van der Waals surface area contributed by atoms with Crippen molar-refractivity contribution in [3.8, 4) is 0 Å². The van der Waals surface area contributed by atoms with Crippen LogP contribution in [-0.4, -0.2) is 35.7 Å². The van der Waals surface area contributed by atoms with Crippen LogP contribution in [0.25, 0.3) is 0 Å². The zero-order valence-electron chi connectivity index (χ0n) is 11.0. The third-order valence-corrected chi connectivity index (χ3v) is 4.70. The average molecular weight is 267 g/mol. The zero-order chi connectivity index (χ0) is 13.4. The molecule has 2 aliphatic carbocycles. The number of nitrogens with one attached hydrogen (secondary N) is 1. The molecule has 0 radical (unpaired) electrons. The molecule has 2 unspecified atom stereocenters. The minimum absolute atomic E-state index is 0.0323. The Morgan fingerprint density at radius 1 is 1.05 bits per heavy atom. The van der Waals surface area contributed by atoms with Crippen molar-refractivity contribution in [2.45, 2.75) is 50.7 Å². The number of rotatable bonds is 4. The molecule has 106 valence electrons. The van der Waals surface area contributed by atoms with E-state index in [2.05, 4.69) is 5.32 Å². The van der Waals surface area contributed by atoms with Crippen molar-refractivity contribution in [1.29, 1.82) is 0 Å². The summed E-state index contributed by atoms with van der Waals surface area (Å²) >= 11 is 0. The number of carbonyl (C=O) groups is 2. The summed E-state index contributed by atoms with van der Waals surface area (Å²) in [5.74, 6) is -0.570. The Morgan fingerprint density at radius 3 is 2.42 bits per heavy atom. The van der Waals surface area contributed by atoms with Crippen LogP contribution in [0.5, 0.6) is 0 Å². The molecule has 1 aliphatic heterocycles. The summed E-state index contributed by atoms with van der Waals surface area (Å²) in [6.45, 7) is 0.731. The molecule has 2 N–H and O–H groups in total. The molecule has 1 heterocycles. The number of amides is 1. The summed E-state index contributed by atoms with van der Waals surface area (Å²) in [4.78, 5) is 23.1. The summed E-state index contributed by atoms with van der Waals surface area (Å²) < 4.78 is 5.70. The fourth-order valence-electron chi connectivity index (χ4n) is 3.40. The SMILES string of the molecule is O=C(O)[C@H]1CC[C@@H](C(=O)NC2CCOC2C2CC2)C1. The van der Waals surface area contributed by atoms with Crippen molar-refractivity contribution in [3.05, 3.63) is 0 Å². The lowest BCUT2D eigenvalue weighted by Gasteiger charge is -2.21. The molecule has 5 heteroatoms. The van der Waals surface area contributed by atoms with Gasteiger partial charge in [-0.3, -0.25) is 9.59 Å². The fourth-order valence-corrected chi connectivity index (χ4v) is 3.40. The van der Waals surface area contributed by atoms with Crippen LogP contribution in [0.2, 0.25) is 0 Å². The predicted octanol–water partition coefficient (Wildman–Crippen LogP) is 1.17. The highest BCUT2D eigenvalue weighted by atomic mass is 16.5. The Morgan fingerprint density at radius 2 is 1.79 bits per heavy atom. The molecule has 0 aromatic heterocycles. The van der Waals surface area contributed by atoms with Gasteiger partial charge in [0.2, 0.25) is 5.91 Å². The van der Waals surface area contributed by atoms with E-state index < -0.39 is 5.97 Å². The Bertz CT molecular complexity index is 380. The number of aliphatic carboxylic acids is 1. The molecule has 1 amide bonds. The van der Waals surface area contributed by atoms with Crippen molar-refractivity contribution >= 4 is 11.9 Å². The fraction of sp³-hybridized carbons (Fsp3) is 0.857. The molecular weight excluding hydrogens is 246 g/mol. The molecule has 0 spiro atoms. The van der Waals surface area contributed by atoms with Crippen molar-refractivity contribution in [2.24, 2.45) is 17.8 Å². The van der Waals surface area contributed by atoms with Gasteiger partial charge in [0, 0.05) is 12.5 Å². The molecule has 2 saturated carbocycles. The average Bonchev–Trinajstić information content (AvgIpc) is 2.93. The highest BCUT2D eigenvalue weighted by Crippen LogP contribution is 2.39. The summed E-state index contributed by atoms with van der Waals surface area (Å²) in [5, 5.41) is 12.1. The van der Waals surface area contributed by atoms with E-state index in [1.54, 1.807) is 0 Å². The van der Waals surface area contributed by atoms with Crippen molar-refractivity contribution in [1.82, 2.24) is 5.32 Å². The van der Waals surface area contributed by atoms with Gasteiger partial charge < -0.3 is 15.2 Å². The van der Waals surface area contributed by atoms with Crippen LogP contribution >= 0.6 is 0 Å². The molecular formula is C14H21NO4. The summed E-state index contributed by atoms with van der Waals surface area (Å²) in [6.07, 6.45) is 5.32. The normalized spacial score (nSPS) is 38.3. The van der Waals surface area contributed by atoms with Gasteiger partial charge in [-0.25, -0.2) is 0 Å². The Hall–Kier alpha value is -1.10. The van der Waals surface area contributed by atoms with E-state index in [0.29, 0.717) is 25.2 Å². The molecule has 0 bridgehead atoms. The van der Waals surface area contributed by atoms with Crippen molar-refractivity contribution in [3.63, 3.8) is 0 Å². The minimum Gasteiger partial charge on any atom is -0.481 e. The molecule has 5 nitrogen and oxygen atoms in total. The van der Waals surface area contributed by atoms with Gasteiger partial charge in [0.05, 0.1) is 18.1 Å². The van der Waals surface area contributed by atoms with Gasteiger partial charge in [0.1, 0.15) is 0 Å². The second-order valence-corrected chi connectivity index (χ2v) is 6.12. The third kappa shape index (κ3) is 2.76. The topological polar surface area (TPSA) is 75.6 Å². The highest BCUT2D eigenvalue weighted by Gasteiger charge is 2.42. The monoisotopic (exact) mass is 267 g/mol. The maximum absolute atomic E-state index is 12.2. The summed E-state index contributed by atoms with van der Waals surface area (Å²) in [6, 6.07) is 0.142. The van der Waals surface area contributed by atoms with Crippen LogP contribution in [-0.2, 0) is 14.3 Å². The Kier molecular flexibility index (Phi) is 3.48. The second-order valence-electron chi connectivity index (χ2n) is 6.12. The molecule has 0 aromatic carbocycles. The first-order chi connectivity index (χ1) is 9.15. The Labute approximate surface area is 112 Å². The second kappa shape index (κ2) is 5.12. The smallest absolute Gasteiger partial charge is 0.306 e. The van der Waals surface area contributed by atoms with Gasteiger partial charge in [-0.2, -0.15) is 0 Å². The lowest BCUT2D eigenvalue weighted by Crippen LogP contribution is -2.43. The first-order valence-electron chi connectivity index (χ1n) is 7.30. The zero-order valence-corrected chi connectivity index (χ0v) is 11.0. The van der Waals surface area contributed by atoms with Crippen molar-refractivity contribution in [2.75, 3.05) is 6.61 Å². The molecule has 3 aliphatic rings. The van der Waals surface area contributed by atoms with Gasteiger partial charge >= 0.3 is 5.97 Å². The lowest BCUT2D eigenvalue weighted by molar-refractivity contribution is -0.141. The standard InChI is InChI=1S/C14H21NO4/c16-13(9-3-4-10(7-9)14(17)18)15-11-5-6-19-12(11)8-1-2-8/h8-12H,1-7H2,(H,15,16)(H,17,18)/t9-,10+,11?,12?/m1/s1. The van der Waals surface area contributed by atoms with E-state index in [9.17, 15) is 9.59 Å². The van der Waals surface area contributed by atoms with E-state index >= 15 is 0 Å². The highest BCUT2D eigenvalue weighted by molar-refractivity contribution is 5.81. The molecule has 0 aromatic rings. The number of ether oxygens (including phenoxy) is 1. The minimum atomic E-state index is -0.768. The van der Waals surface area contributed by atoms with Crippen LogP contribution in [0, 0.1) is 17.8 Å². The quantitative estimate of drug-likeness (QED) is 0.801. The van der Waals surface area contributed by atoms with Crippen LogP contribution < -0.4 is 5.32 Å². The number of carboxylic acid groups (broad SMARTS) is 1. The van der Waals surface area contributed by atoms with Gasteiger partial charge in [0.15, 0.2) is 0 Å². The lowest BCUT2D eigenvalue weighted by atomic mass is 10.0. The number of carbonyl (C=O) groups excluding carboxylic acids is 1. The van der Waals surface area contributed by atoms with Gasteiger partial charge in [0.25, 0.3) is 0 Å². The van der Waals surface area contributed by atoms with Gasteiger partial charge in [-0.15, -0.1) is 0 Å². The number of hydrogen-bond donors (Lipinski definition) is 2. The predicted molar refractivity (Wildman–Crippen MR) is 67.5 cm³/mol.